The normalized spacial score (nSPS) is 10.9. The van der Waals surface area contributed by atoms with Crippen molar-refractivity contribution in [2.75, 3.05) is 26.2 Å². The highest BCUT2D eigenvalue weighted by molar-refractivity contribution is 5.14. The molecule has 0 spiro atoms. The maximum atomic E-state index is 8.86. The fourth-order valence-electron chi connectivity index (χ4n) is 1.88. The molecule has 0 aliphatic heterocycles. The van der Waals surface area contributed by atoms with Gasteiger partial charge in [-0.15, -0.1) is 0 Å². The second-order valence-electron chi connectivity index (χ2n) is 4.10. The molecule has 1 rings (SSSR count). The Morgan fingerprint density at radius 2 is 1.81 bits per heavy atom. The fraction of sp³-hybridized carbons (Fsp3) is 0.571. The first kappa shape index (κ1) is 13.2. The summed E-state index contributed by atoms with van der Waals surface area (Å²) in [6.07, 6.45) is 3.60. The lowest BCUT2D eigenvalue weighted by Crippen LogP contribution is -2.27. The summed E-state index contributed by atoms with van der Waals surface area (Å²) in [6.45, 7) is 5.36. The zero-order chi connectivity index (χ0) is 11.6. The van der Waals surface area contributed by atoms with Gasteiger partial charge in [0.1, 0.15) is 0 Å². The molecule has 90 valence electrons. The molecule has 0 radical (unpaired) electrons. The molecule has 0 heterocycles. The zero-order valence-corrected chi connectivity index (χ0v) is 10.2. The maximum Gasteiger partial charge on any atom is 0.0558 e. The number of hydrogen-bond acceptors (Lipinski definition) is 2. The highest BCUT2D eigenvalue weighted by atomic mass is 16.3. The number of hydrogen-bond donors (Lipinski definition) is 1. The SMILES string of the molecule is CCN(CCO)CCCCc1ccccc1. The summed E-state index contributed by atoms with van der Waals surface area (Å²) < 4.78 is 0. The van der Waals surface area contributed by atoms with Crippen molar-refractivity contribution in [2.24, 2.45) is 0 Å². The van der Waals surface area contributed by atoms with Crippen LogP contribution in [-0.2, 0) is 6.42 Å². The maximum absolute atomic E-state index is 8.86. The van der Waals surface area contributed by atoms with Crippen molar-refractivity contribution in [1.82, 2.24) is 4.90 Å². The molecule has 0 aromatic heterocycles. The van der Waals surface area contributed by atoms with E-state index in [1.165, 1.54) is 18.4 Å². The molecule has 0 atom stereocenters. The first-order valence-corrected chi connectivity index (χ1v) is 6.24. The molecular formula is C14H23NO. The number of aliphatic hydroxyl groups excluding tert-OH is 1. The Hall–Kier alpha value is -0.860. The van der Waals surface area contributed by atoms with Crippen LogP contribution < -0.4 is 0 Å². The number of nitrogens with zero attached hydrogens (tertiary/aromatic N) is 1. The summed E-state index contributed by atoms with van der Waals surface area (Å²) in [5.74, 6) is 0. The van der Waals surface area contributed by atoms with E-state index in [0.29, 0.717) is 0 Å². The smallest absolute Gasteiger partial charge is 0.0558 e. The Balaban J connectivity index is 2.11. The van der Waals surface area contributed by atoms with Crippen molar-refractivity contribution >= 4 is 0 Å². The molecule has 1 N–H and O–H groups in total. The minimum atomic E-state index is 0.270. The first-order valence-electron chi connectivity index (χ1n) is 6.24. The number of benzene rings is 1. The van der Waals surface area contributed by atoms with Gasteiger partial charge in [-0.1, -0.05) is 37.3 Å². The summed E-state index contributed by atoms with van der Waals surface area (Å²) in [5, 5.41) is 8.86. The average Bonchev–Trinajstić information content (AvgIpc) is 2.34. The monoisotopic (exact) mass is 221 g/mol. The molecule has 0 fully saturated rings. The second-order valence-corrected chi connectivity index (χ2v) is 4.10. The van der Waals surface area contributed by atoms with Crippen LogP contribution in [0.25, 0.3) is 0 Å². The van der Waals surface area contributed by atoms with Crippen molar-refractivity contribution in [3.63, 3.8) is 0 Å². The van der Waals surface area contributed by atoms with Crippen LogP contribution in [0.4, 0.5) is 0 Å². The molecule has 2 nitrogen and oxygen atoms in total. The van der Waals surface area contributed by atoms with Gasteiger partial charge < -0.3 is 10.0 Å². The van der Waals surface area contributed by atoms with Crippen molar-refractivity contribution < 1.29 is 5.11 Å². The van der Waals surface area contributed by atoms with E-state index < -0.39 is 0 Å². The molecule has 0 unspecified atom stereocenters. The van der Waals surface area contributed by atoms with Crippen LogP contribution in [-0.4, -0.2) is 36.2 Å². The van der Waals surface area contributed by atoms with Gasteiger partial charge in [-0.3, -0.25) is 0 Å². The summed E-state index contributed by atoms with van der Waals surface area (Å²) in [7, 11) is 0. The van der Waals surface area contributed by atoms with Gasteiger partial charge >= 0.3 is 0 Å². The largest absolute Gasteiger partial charge is 0.395 e. The zero-order valence-electron chi connectivity index (χ0n) is 10.2. The van der Waals surface area contributed by atoms with E-state index in [2.05, 4.69) is 42.2 Å². The van der Waals surface area contributed by atoms with E-state index in [1.807, 2.05) is 0 Å². The van der Waals surface area contributed by atoms with Gasteiger partial charge in [0.25, 0.3) is 0 Å². The molecule has 2 heteroatoms. The Morgan fingerprint density at radius 1 is 1.06 bits per heavy atom. The number of rotatable bonds is 8. The van der Waals surface area contributed by atoms with E-state index in [-0.39, 0.29) is 6.61 Å². The summed E-state index contributed by atoms with van der Waals surface area (Å²) in [4.78, 5) is 2.30. The number of aliphatic hydroxyl groups is 1. The van der Waals surface area contributed by atoms with Gasteiger partial charge in [0, 0.05) is 6.54 Å². The van der Waals surface area contributed by atoms with Gasteiger partial charge in [0.05, 0.1) is 6.61 Å². The van der Waals surface area contributed by atoms with Crippen molar-refractivity contribution in [1.29, 1.82) is 0 Å². The molecule has 0 amide bonds. The predicted octanol–water partition coefficient (Wildman–Crippen LogP) is 2.32. The Morgan fingerprint density at radius 3 is 2.44 bits per heavy atom. The third-order valence-corrected chi connectivity index (χ3v) is 2.90. The average molecular weight is 221 g/mol. The molecule has 1 aromatic rings. The van der Waals surface area contributed by atoms with Gasteiger partial charge in [-0.2, -0.15) is 0 Å². The minimum Gasteiger partial charge on any atom is -0.395 e. The standard InChI is InChI=1S/C14H23NO/c1-2-15(12-13-16)11-7-6-10-14-8-4-3-5-9-14/h3-5,8-9,16H,2,6-7,10-13H2,1H3. The van der Waals surface area contributed by atoms with Crippen molar-refractivity contribution in [3.05, 3.63) is 35.9 Å². The van der Waals surface area contributed by atoms with Crippen LogP contribution in [0.3, 0.4) is 0 Å². The fourth-order valence-corrected chi connectivity index (χ4v) is 1.88. The summed E-state index contributed by atoms with van der Waals surface area (Å²) >= 11 is 0. The molecule has 0 saturated carbocycles. The van der Waals surface area contributed by atoms with Gasteiger partial charge in [-0.25, -0.2) is 0 Å². The van der Waals surface area contributed by atoms with E-state index in [4.69, 9.17) is 5.11 Å². The highest BCUT2D eigenvalue weighted by Gasteiger charge is 2.00. The third-order valence-electron chi connectivity index (χ3n) is 2.90. The minimum absolute atomic E-state index is 0.270. The van der Waals surface area contributed by atoms with Gasteiger partial charge in [-0.05, 0) is 37.9 Å². The summed E-state index contributed by atoms with van der Waals surface area (Å²) in [5.41, 5.74) is 1.42. The Labute approximate surface area is 98.9 Å². The Kier molecular flexibility index (Phi) is 6.86. The molecule has 0 aliphatic rings. The molecule has 1 aromatic carbocycles. The third kappa shape index (κ3) is 5.29. The van der Waals surface area contributed by atoms with Crippen LogP contribution in [0, 0.1) is 0 Å². The molecule has 0 bridgehead atoms. The lowest BCUT2D eigenvalue weighted by atomic mass is 10.1. The highest BCUT2D eigenvalue weighted by Crippen LogP contribution is 2.05. The number of aryl methyl sites for hydroxylation is 1. The number of likely N-dealkylation sites (N-methyl/N-ethyl adjacent to an activating group) is 1. The van der Waals surface area contributed by atoms with E-state index >= 15 is 0 Å². The molecule has 0 aliphatic carbocycles. The van der Waals surface area contributed by atoms with Gasteiger partial charge in [0.2, 0.25) is 0 Å². The van der Waals surface area contributed by atoms with Gasteiger partial charge in [0.15, 0.2) is 0 Å². The molecular weight excluding hydrogens is 198 g/mol. The molecule has 16 heavy (non-hydrogen) atoms. The predicted molar refractivity (Wildman–Crippen MR) is 68.6 cm³/mol. The first-order chi connectivity index (χ1) is 7.86. The summed E-state index contributed by atoms with van der Waals surface area (Å²) in [6, 6.07) is 10.6. The van der Waals surface area contributed by atoms with Crippen molar-refractivity contribution in [3.8, 4) is 0 Å². The van der Waals surface area contributed by atoms with Crippen LogP contribution in [0.15, 0.2) is 30.3 Å². The van der Waals surface area contributed by atoms with Crippen LogP contribution >= 0.6 is 0 Å². The topological polar surface area (TPSA) is 23.5 Å². The molecule has 0 saturated heterocycles. The van der Waals surface area contributed by atoms with E-state index in [1.54, 1.807) is 0 Å². The number of unbranched alkanes of at least 4 members (excludes halogenated alkanes) is 1. The quantitative estimate of drug-likeness (QED) is 0.681. The van der Waals surface area contributed by atoms with Crippen LogP contribution in [0.5, 0.6) is 0 Å². The van der Waals surface area contributed by atoms with Crippen LogP contribution in [0.2, 0.25) is 0 Å². The Bertz CT molecular complexity index is 261. The van der Waals surface area contributed by atoms with Crippen LogP contribution in [0.1, 0.15) is 25.3 Å². The lowest BCUT2D eigenvalue weighted by Gasteiger charge is -2.18. The van der Waals surface area contributed by atoms with Crippen molar-refractivity contribution in [2.45, 2.75) is 26.2 Å². The van der Waals surface area contributed by atoms with E-state index in [0.717, 1.165) is 26.1 Å². The van der Waals surface area contributed by atoms with E-state index in [9.17, 15) is 0 Å². The second kappa shape index (κ2) is 8.31. The lowest BCUT2D eigenvalue weighted by molar-refractivity contribution is 0.200.